The zero-order chi connectivity index (χ0) is 20.6. The maximum absolute atomic E-state index is 12.5. The molecule has 0 spiro atoms. The highest BCUT2D eigenvalue weighted by molar-refractivity contribution is 5.95. The number of hydrogen-bond acceptors (Lipinski definition) is 4. The number of carbonyl (C=O) groups is 2. The van der Waals surface area contributed by atoms with Gasteiger partial charge in [0, 0.05) is 29.5 Å². The fourth-order valence-electron chi connectivity index (χ4n) is 2.95. The van der Waals surface area contributed by atoms with Crippen molar-refractivity contribution >= 4 is 17.5 Å². The van der Waals surface area contributed by atoms with E-state index >= 15 is 0 Å². The van der Waals surface area contributed by atoms with Crippen LogP contribution in [0.2, 0.25) is 0 Å². The third-order valence-electron chi connectivity index (χ3n) is 4.77. The van der Waals surface area contributed by atoms with Crippen molar-refractivity contribution in [1.82, 2.24) is 10.6 Å². The topological polar surface area (TPSA) is 96.2 Å². The maximum atomic E-state index is 12.5. The van der Waals surface area contributed by atoms with E-state index in [4.69, 9.17) is 5.73 Å². The minimum Gasteiger partial charge on any atom is -0.393 e. The first kappa shape index (κ1) is 20.5. The summed E-state index contributed by atoms with van der Waals surface area (Å²) in [5.74, 6) is -0.343. The van der Waals surface area contributed by atoms with Gasteiger partial charge in [0.1, 0.15) is 5.70 Å². The van der Waals surface area contributed by atoms with Crippen LogP contribution in [0, 0.1) is 0 Å². The van der Waals surface area contributed by atoms with Crippen LogP contribution in [0.1, 0.15) is 42.1 Å². The molecule has 1 aliphatic rings. The van der Waals surface area contributed by atoms with Crippen molar-refractivity contribution in [2.24, 2.45) is 5.73 Å². The molecule has 152 valence electrons. The number of carbonyl (C=O) groups excluding carboxylic acids is 2. The van der Waals surface area contributed by atoms with Crippen LogP contribution in [0.25, 0.3) is 0 Å². The van der Waals surface area contributed by atoms with E-state index < -0.39 is 0 Å². The van der Waals surface area contributed by atoms with E-state index in [-0.39, 0.29) is 23.6 Å². The molecule has 0 bridgehead atoms. The Morgan fingerprint density at radius 1 is 1.03 bits per heavy atom. The lowest BCUT2D eigenvalue weighted by molar-refractivity contribution is -0.117. The summed E-state index contributed by atoms with van der Waals surface area (Å²) in [7, 11) is 0. The number of rotatable bonds is 9. The number of amides is 2. The van der Waals surface area contributed by atoms with E-state index in [1.54, 1.807) is 12.1 Å². The Bertz CT molecular complexity index is 872. The van der Waals surface area contributed by atoms with Gasteiger partial charge >= 0.3 is 0 Å². The molecule has 3 rings (SSSR count). The van der Waals surface area contributed by atoms with Crippen molar-refractivity contribution in [1.29, 1.82) is 0 Å². The zero-order valence-corrected chi connectivity index (χ0v) is 16.7. The van der Waals surface area contributed by atoms with Gasteiger partial charge in [0.05, 0.1) is 0 Å². The highest BCUT2D eigenvalue weighted by atomic mass is 16.2. The Morgan fingerprint density at radius 2 is 1.72 bits per heavy atom. The Kier molecular flexibility index (Phi) is 6.89. The molecule has 29 heavy (non-hydrogen) atoms. The van der Waals surface area contributed by atoms with E-state index in [9.17, 15) is 9.59 Å². The van der Waals surface area contributed by atoms with Crippen LogP contribution >= 0.6 is 0 Å². The lowest BCUT2D eigenvalue weighted by Gasteiger charge is -2.15. The first-order chi connectivity index (χ1) is 14.1. The largest absolute Gasteiger partial charge is 0.393 e. The monoisotopic (exact) mass is 392 g/mol. The molecule has 0 aromatic heterocycles. The van der Waals surface area contributed by atoms with Gasteiger partial charge in [-0.05, 0) is 62.4 Å². The second-order valence-corrected chi connectivity index (χ2v) is 7.19. The molecule has 0 aliphatic heterocycles. The fourth-order valence-corrected chi connectivity index (χ4v) is 2.95. The summed E-state index contributed by atoms with van der Waals surface area (Å²) in [4.78, 5) is 24.4. The SMILES string of the molecule is CCNC(=O)c1ccc(N/C(CCc2ccccc2)=C(\N)C(=O)NC2CC2)cc1. The normalized spacial score (nSPS) is 14.0. The molecule has 6 nitrogen and oxygen atoms in total. The molecular formula is C23H28N4O2. The van der Waals surface area contributed by atoms with Gasteiger partial charge in [0.15, 0.2) is 0 Å². The van der Waals surface area contributed by atoms with Crippen LogP contribution in [0.15, 0.2) is 66.0 Å². The Hall–Kier alpha value is -3.28. The van der Waals surface area contributed by atoms with Crippen LogP contribution in [-0.2, 0) is 11.2 Å². The molecule has 0 atom stereocenters. The van der Waals surface area contributed by atoms with Crippen molar-refractivity contribution in [2.75, 3.05) is 11.9 Å². The summed E-state index contributed by atoms with van der Waals surface area (Å²) in [5, 5.41) is 9.00. The molecule has 1 aliphatic carbocycles. The number of nitrogens with one attached hydrogen (secondary N) is 3. The van der Waals surface area contributed by atoms with Crippen LogP contribution in [0.3, 0.4) is 0 Å². The third kappa shape index (κ3) is 6.10. The summed E-state index contributed by atoms with van der Waals surface area (Å²) >= 11 is 0. The highest BCUT2D eigenvalue weighted by Gasteiger charge is 2.25. The molecule has 1 saturated carbocycles. The van der Waals surface area contributed by atoms with Gasteiger partial charge in [-0.15, -0.1) is 0 Å². The van der Waals surface area contributed by atoms with Gasteiger partial charge in [0.2, 0.25) is 0 Å². The zero-order valence-electron chi connectivity index (χ0n) is 16.7. The van der Waals surface area contributed by atoms with Gasteiger partial charge in [-0.2, -0.15) is 0 Å². The Labute approximate surface area is 171 Å². The lowest BCUT2D eigenvalue weighted by Crippen LogP contribution is -2.32. The van der Waals surface area contributed by atoms with Gasteiger partial charge in [-0.3, -0.25) is 9.59 Å². The molecule has 2 aromatic carbocycles. The molecule has 6 heteroatoms. The van der Waals surface area contributed by atoms with Crippen molar-refractivity contribution in [2.45, 2.75) is 38.6 Å². The van der Waals surface area contributed by atoms with Crippen LogP contribution < -0.4 is 21.7 Å². The van der Waals surface area contributed by atoms with E-state index in [0.29, 0.717) is 24.2 Å². The van der Waals surface area contributed by atoms with Gasteiger partial charge in [-0.1, -0.05) is 30.3 Å². The summed E-state index contributed by atoms with van der Waals surface area (Å²) in [5.41, 5.74) is 9.64. The number of allylic oxidation sites excluding steroid dienone is 1. The quantitative estimate of drug-likeness (QED) is 0.493. The Balaban J connectivity index is 1.74. The number of anilines is 1. The summed E-state index contributed by atoms with van der Waals surface area (Å²) in [6.45, 7) is 2.46. The summed E-state index contributed by atoms with van der Waals surface area (Å²) < 4.78 is 0. The highest BCUT2D eigenvalue weighted by Crippen LogP contribution is 2.21. The number of aryl methyl sites for hydroxylation is 1. The minimum atomic E-state index is -0.234. The molecule has 1 fully saturated rings. The van der Waals surface area contributed by atoms with Crippen molar-refractivity contribution in [3.8, 4) is 0 Å². The van der Waals surface area contributed by atoms with Crippen molar-refractivity contribution in [3.05, 3.63) is 77.1 Å². The predicted molar refractivity (Wildman–Crippen MR) is 115 cm³/mol. The molecule has 0 saturated heterocycles. The maximum Gasteiger partial charge on any atom is 0.269 e. The molecule has 5 N–H and O–H groups in total. The number of nitrogens with two attached hydrogens (primary N) is 1. The minimum absolute atomic E-state index is 0.109. The molecule has 2 amide bonds. The predicted octanol–water partition coefficient (Wildman–Crippen LogP) is 2.93. The van der Waals surface area contributed by atoms with E-state index in [2.05, 4.69) is 28.1 Å². The molecule has 2 aromatic rings. The first-order valence-electron chi connectivity index (χ1n) is 10.1. The van der Waals surface area contributed by atoms with Crippen molar-refractivity contribution in [3.63, 3.8) is 0 Å². The van der Waals surface area contributed by atoms with E-state index in [1.165, 1.54) is 5.56 Å². The number of hydrogen-bond donors (Lipinski definition) is 4. The average molecular weight is 393 g/mol. The second-order valence-electron chi connectivity index (χ2n) is 7.19. The second kappa shape index (κ2) is 9.78. The van der Waals surface area contributed by atoms with Gasteiger partial charge < -0.3 is 21.7 Å². The van der Waals surface area contributed by atoms with Crippen LogP contribution in [0.5, 0.6) is 0 Å². The van der Waals surface area contributed by atoms with Crippen molar-refractivity contribution < 1.29 is 9.59 Å². The molecule has 0 heterocycles. The fraction of sp³-hybridized carbons (Fsp3) is 0.304. The van der Waals surface area contributed by atoms with E-state index in [0.717, 1.165) is 24.9 Å². The first-order valence-corrected chi connectivity index (χ1v) is 10.1. The van der Waals surface area contributed by atoms with E-state index in [1.807, 2.05) is 37.3 Å². The Morgan fingerprint density at radius 3 is 2.34 bits per heavy atom. The van der Waals surface area contributed by atoms with Crippen LogP contribution in [-0.4, -0.2) is 24.4 Å². The smallest absolute Gasteiger partial charge is 0.269 e. The molecule has 0 radical (unpaired) electrons. The van der Waals surface area contributed by atoms with Gasteiger partial charge in [0.25, 0.3) is 11.8 Å². The molecular weight excluding hydrogens is 364 g/mol. The third-order valence-corrected chi connectivity index (χ3v) is 4.77. The lowest BCUT2D eigenvalue weighted by atomic mass is 10.1. The molecule has 0 unspecified atom stereocenters. The number of benzene rings is 2. The standard InChI is InChI=1S/C23H28N4O2/c1-2-25-22(28)17-9-11-18(12-10-17)26-20(15-8-16-6-4-3-5-7-16)21(24)23(29)27-19-13-14-19/h3-7,9-12,19,26H,2,8,13-15,24H2,1H3,(H,25,28)(H,27,29)/b21-20-. The van der Waals surface area contributed by atoms with Crippen LogP contribution in [0.4, 0.5) is 5.69 Å². The average Bonchev–Trinajstić information content (AvgIpc) is 3.56. The summed E-state index contributed by atoms with van der Waals surface area (Å²) in [6, 6.07) is 17.5. The van der Waals surface area contributed by atoms with Gasteiger partial charge in [-0.25, -0.2) is 0 Å². The summed E-state index contributed by atoms with van der Waals surface area (Å²) in [6.07, 6.45) is 3.38.